The van der Waals surface area contributed by atoms with E-state index in [1.165, 1.54) is 12.0 Å². The second-order valence-corrected chi connectivity index (χ2v) is 8.29. The molecule has 2 aliphatic rings. The second kappa shape index (κ2) is 10.2. The molecule has 1 amide bonds. The Labute approximate surface area is 198 Å². The maximum absolute atomic E-state index is 13.2. The van der Waals surface area contributed by atoms with E-state index in [0.717, 1.165) is 12.1 Å². The lowest BCUT2D eigenvalue weighted by atomic mass is 9.87. The van der Waals surface area contributed by atoms with Crippen molar-refractivity contribution in [3.63, 3.8) is 0 Å². The average Bonchev–Trinajstić information content (AvgIpc) is 3.19. The molecule has 192 valence electrons. The van der Waals surface area contributed by atoms with Crippen molar-refractivity contribution in [1.82, 2.24) is 15.2 Å². The summed E-state index contributed by atoms with van der Waals surface area (Å²) in [4.78, 5) is 16.3. The SMILES string of the molecule is C/C=C\C1NN=C(C(=O)N2CCC(c3cc(C(F)(F)F)cc(C(F)(F)F)c3)CC2)N1/C=C(\C)OC. The van der Waals surface area contributed by atoms with Gasteiger partial charge in [-0.1, -0.05) is 6.08 Å². The molecule has 1 atom stereocenters. The molecule has 1 aromatic carbocycles. The van der Waals surface area contributed by atoms with E-state index in [2.05, 4.69) is 10.5 Å². The Balaban J connectivity index is 1.77. The Bertz CT molecular complexity index is 992. The minimum atomic E-state index is -4.90. The van der Waals surface area contributed by atoms with Crippen LogP contribution in [0.15, 0.2) is 47.4 Å². The van der Waals surface area contributed by atoms with Crippen LogP contribution in [0, 0.1) is 0 Å². The van der Waals surface area contributed by atoms with Crippen molar-refractivity contribution in [2.24, 2.45) is 5.10 Å². The van der Waals surface area contributed by atoms with Crippen molar-refractivity contribution in [2.45, 2.75) is 51.1 Å². The van der Waals surface area contributed by atoms with Gasteiger partial charge in [-0.15, -0.1) is 0 Å². The number of likely N-dealkylation sites (tertiary alicyclic amines) is 1. The normalized spacial score (nSPS) is 20.3. The first-order chi connectivity index (χ1) is 16.3. The average molecular weight is 504 g/mol. The Morgan fingerprint density at radius 1 is 1.09 bits per heavy atom. The zero-order chi connectivity index (χ0) is 26.0. The third-order valence-corrected chi connectivity index (χ3v) is 5.92. The molecule has 0 radical (unpaired) electrons. The van der Waals surface area contributed by atoms with Crippen LogP contribution in [0.1, 0.15) is 49.3 Å². The van der Waals surface area contributed by atoms with Crippen LogP contribution >= 0.6 is 0 Å². The highest BCUT2D eigenvalue weighted by Crippen LogP contribution is 2.39. The molecule has 2 heterocycles. The van der Waals surface area contributed by atoms with Crippen LogP contribution in [0.3, 0.4) is 0 Å². The summed E-state index contributed by atoms with van der Waals surface area (Å²) in [7, 11) is 1.49. The van der Waals surface area contributed by atoms with E-state index in [1.54, 1.807) is 30.2 Å². The first-order valence-electron chi connectivity index (χ1n) is 10.9. The Kier molecular flexibility index (Phi) is 7.71. The number of halogens is 6. The molecule has 1 fully saturated rings. The van der Waals surface area contributed by atoms with Crippen molar-refractivity contribution >= 4 is 11.7 Å². The van der Waals surface area contributed by atoms with E-state index in [1.807, 2.05) is 6.92 Å². The molecule has 1 unspecified atom stereocenters. The van der Waals surface area contributed by atoms with Crippen LogP contribution in [0.2, 0.25) is 0 Å². The number of allylic oxidation sites excluding steroid dienone is 2. The molecule has 1 N–H and O–H groups in total. The van der Waals surface area contributed by atoms with E-state index >= 15 is 0 Å². The molecule has 1 saturated heterocycles. The first kappa shape index (κ1) is 26.4. The molecule has 3 rings (SSSR count). The zero-order valence-corrected chi connectivity index (χ0v) is 19.4. The molecule has 12 heteroatoms. The third kappa shape index (κ3) is 6.09. The summed E-state index contributed by atoms with van der Waals surface area (Å²) in [5.74, 6) is -0.300. The highest BCUT2D eigenvalue weighted by atomic mass is 19.4. The number of nitrogens with one attached hydrogen (secondary N) is 1. The molecule has 0 aromatic heterocycles. The van der Waals surface area contributed by atoms with Gasteiger partial charge in [-0.05, 0) is 62.4 Å². The third-order valence-electron chi connectivity index (χ3n) is 5.92. The molecule has 1 aromatic rings. The maximum atomic E-state index is 13.2. The monoisotopic (exact) mass is 504 g/mol. The fourth-order valence-electron chi connectivity index (χ4n) is 4.02. The highest BCUT2D eigenvalue weighted by molar-refractivity contribution is 6.38. The largest absolute Gasteiger partial charge is 0.500 e. The number of ether oxygens (including phenoxy) is 1. The minimum Gasteiger partial charge on any atom is -0.500 e. The lowest BCUT2D eigenvalue weighted by Gasteiger charge is -2.33. The number of carbonyl (C=O) groups is 1. The lowest BCUT2D eigenvalue weighted by Crippen LogP contribution is -2.47. The smallest absolute Gasteiger partial charge is 0.416 e. The highest BCUT2D eigenvalue weighted by Gasteiger charge is 2.39. The van der Waals surface area contributed by atoms with E-state index in [9.17, 15) is 31.1 Å². The number of hydrogen-bond acceptors (Lipinski definition) is 5. The van der Waals surface area contributed by atoms with Gasteiger partial charge in [0, 0.05) is 19.3 Å². The fourth-order valence-corrected chi connectivity index (χ4v) is 4.02. The van der Waals surface area contributed by atoms with Gasteiger partial charge < -0.3 is 9.64 Å². The fraction of sp³-hybridized carbons (Fsp3) is 0.478. The number of piperidine rings is 1. The van der Waals surface area contributed by atoms with Gasteiger partial charge in [0.05, 0.1) is 18.2 Å². The summed E-state index contributed by atoms with van der Waals surface area (Å²) in [6.45, 7) is 3.85. The molecule has 6 nitrogen and oxygen atoms in total. The predicted octanol–water partition coefficient (Wildman–Crippen LogP) is 5.06. The van der Waals surface area contributed by atoms with Gasteiger partial charge in [0.2, 0.25) is 5.84 Å². The topological polar surface area (TPSA) is 57.2 Å². The summed E-state index contributed by atoms with van der Waals surface area (Å²) in [6, 6.07) is 1.66. The number of carbonyl (C=O) groups excluding carboxylic acids is 1. The van der Waals surface area contributed by atoms with Crippen LogP contribution < -0.4 is 5.43 Å². The maximum Gasteiger partial charge on any atom is 0.416 e. The van der Waals surface area contributed by atoms with E-state index in [0.29, 0.717) is 5.76 Å². The molecule has 35 heavy (non-hydrogen) atoms. The predicted molar refractivity (Wildman–Crippen MR) is 117 cm³/mol. The van der Waals surface area contributed by atoms with Crippen molar-refractivity contribution in [3.8, 4) is 0 Å². The number of benzene rings is 1. The van der Waals surface area contributed by atoms with Gasteiger partial charge >= 0.3 is 12.4 Å². The number of alkyl halides is 6. The Morgan fingerprint density at radius 3 is 2.14 bits per heavy atom. The molecule has 0 spiro atoms. The van der Waals surface area contributed by atoms with Crippen LogP contribution in [0.5, 0.6) is 0 Å². The number of hydrogen-bond donors (Lipinski definition) is 1. The molecular weight excluding hydrogens is 478 g/mol. The Hall–Kier alpha value is -3.18. The van der Waals surface area contributed by atoms with Gasteiger partial charge in [0.1, 0.15) is 11.9 Å². The molecule has 2 aliphatic heterocycles. The molecular formula is C23H26F6N4O2. The molecule has 0 aliphatic carbocycles. The van der Waals surface area contributed by atoms with Crippen molar-refractivity contribution < 1.29 is 35.9 Å². The van der Waals surface area contributed by atoms with Gasteiger partial charge in [-0.25, -0.2) is 0 Å². The summed E-state index contributed by atoms with van der Waals surface area (Å²) in [5, 5.41) is 4.13. The zero-order valence-electron chi connectivity index (χ0n) is 19.4. The molecule has 0 bridgehead atoms. The van der Waals surface area contributed by atoms with Crippen molar-refractivity contribution in [1.29, 1.82) is 0 Å². The lowest BCUT2D eigenvalue weighted by molar-refractivity contribution is -0.143. The minimum absolute atomic E-state index is 0.0347. The van der Waals surface area contributed by atoms with E-state index < -0.39 is 41.5 Å². The number of rotatable bonds is 5. The number of hydrazone groups is 1. The van der Waals surface area contributed by atoms with Crippen LogP contribution in [0.25, 0.3) is 0 Å². The van der Waals surface area contributed by atoms with Crippen molar-refractivity contribution in [3.05, 3.63) is 59.0 Å². The number of methoxy groups -OCH3 is 1. The summed E-state index contributed by atoms with van der Waals surface area (Å²) < 4.78 is 84.5. The first-order valence-corrected chi connectivity index (χ1v) is 10.9. The summed E-state index contributed by atoms with van der Waals surface area (Å²) in [6.07, 6.45) is -4.57. The quantitative estimate of drug-likeness (QED) is 0.346. The Morgan fingerprint density at radius 2 is 1.66 bits per heavy atom. The second-order valence-electron chi connectivity index (χ2n) is 8.29. The van der Waals surface area contributed by atoms with Gasteiger partial charge in [-0.3, -0.25) is 15.1 Å². The van der Waals surface area contributed by atoms with Gasteiger partial charge in [-0.2, -0.15) is 31.4 Å². The van der Waals surface area contributed by atoms with E-state index in [4.69, 9.17) is 4.74 Å². The number of nitrogens with zero attached hydrogens (tertiary/aromatic N) is 3. The van der Waals surface area contributed by atoms with Crippen LogP contribution in [-0.2, 0) is 21.9 Å². The van der Waals surface area contributed by atoms with Crippen molar-refractivity contribution in [2.75, 3.05) is 20.2 Å². The molecule has 0 saturated carbocycles. The number of amidine groups is 1. The number of amides is 1. The summed E-state index contributed by atoms with van der Waals surface area (Å²) in [5.41, 5.74) is 0.144. The van der Waals surface area contributed by atoms with E-state index in [-0.39, 0.29) is 43.4 Å². The summed E-state index contributed by atoms with van der Waals surface area (Å²) >= 11 is 0. The van der Waals surface area contributed by atoms with Crippen LogP contribution in [-0.4, -0.2) is 47.9 Å². The van der Waals surface area contributed by atoms with Gasteiger partial charge in [0.15, 0.2) is 0 Å². The van der Waals surface area contributed by atoms with Crippen LogP contribution in [0.4, 0.5) is 26.3 Å². The van der Waals surface area contributed by atoms with Gasteiger partial charge in [0.25, 0.3) is 5.91 Å². The standard InChI is InChI=1S/C23H26F6N4O2/c1-4-5-19-30-31-20(33(19)13-14(2)35-3)21(34)32-8-6-15(7-9-32)16-10-17(22(24,25)26)12-18(11-16)23(27,28)29/h4-5,10-13,15,19,30H,6-9H2,1-3H3/b5-4-,14-13+.